The fraction of sp³-hybridized carbons (Fsp3) is 0.269. The van der Waals surface area contributed by atoms with Crippen LogP contribution in [0.4, 0.5) is 17.1 Å². The van der Waals surface area contributed by atoms with Crippen LogP contribution in [0.3, 0.4) is 0 Å². The summed E-state index contributed by atoms with van der Waals surface area (Å²) in [5, 5.41) is 6.25. The van der Waals surface area contributed by atoms with Gasteiger partial charge in [-0.15, -0.1) is 0 Å². The van der Waals surface area contributed by atoms with E-state index in [1.54, 1.807) is 0 Å². The van der Waals surface area contributed by atoms with Gasteiger partial charge in [0.1, 0.15) is 11.8 Å². The highest BCUT2D eigenvalue weighted by Crippen LogP contribution is 2.30. The highest BCUT2D eigenvalue weighted by molar-refractivity contribution is 5.96. The van der Waals surface area contributed by atoms with Crippen LogP contribution in [0.15, 0.2) is 72.8 Å². The second kappa shape index (κ2) is 10.2. The molecule has 6 heteroatoms. The lowest BCUT2D eigenvalue weighted by Gasteiger charge is -2.29. The Morgan fingerprint density at radius 2 is 1.75 bits per heavy atom. The van der Waals surface area contributed by atoms with Crippen molar-refractivity contribution in [2.75, 3.05) is 41.8 Å². The van der Waals surface area contributed by atoms with E-state index < -0.39 is 6.04 Å². The van der Waals surface area contributed by atoms with E-state index in [4.69, 9.17) is 9.47 Å². The number of carbonyl (C=O) groups is 1. The molecule has 1 amide bonds. The van der Waals surface area contributed by atoms with E-state index in [1.165, 1.54) is 0 Å². The van der Waals surface area contributed by atoms with Gasteiger partial charge in [-0.25, -0.2) is 0 Å². The molecular weight excluding hydrogens is 402 g/mol. The molecular formula is C26H29N3O3. The predicted octanol–water partition coefficient (Wildman–Crippen LogP) is 5.06. The Bertz CT molecular complexity index is 1050. The van der Waals surface area contributed by atoms with Gasteiger partial charge in [0.15, 0.2) is 5.75 Å². The van der Waals surface area contributed by atoms with Crippen LogP contribution in [0, 0.1) is 6.92 Å². The first-order valence-electron chi connectivity index (χ1n) is 10.9. The normalized spacial score (nSPS) is 14.5. The lowest BCUT2D eigenvalue weighted by atomic mass is 10.2. The summed E-state index contributed by atoms with van der Waals surface area (Å²) < 4.78 is 11.5. The number of aryl methyl sites for hydroxylation is 1. The van der Waals surface area contributed by atoms with Gasteiger partial charge in [-0.1, -0.05) is 24.3 Å². The maximum atomic E-state index is 12.8. The van der Waals surface area contributed by atoms with Gasteiger partial charge in [0, 0.05) is 24.5 Å². The molecule has 166 valence electrons. The van der Waals surface area contributed by atoms with E-state index in [-0.39, 0.29) is 5.91 Å². The van der Waals surface area contributed by atoms with E-state index in [2.05, 4.69) is 15.5 Å². The Morgan fingerprint density at radius 3 is 2.50 bits per heavy atom. The maximum absolute atomic E-state index is 12.8. The van der Waals surface area contributed by atoms with Gasteiger partial charge in [-0.2, -0.15) is 0 Å². The van der Waals surface area contributed by atoms with Crippen molar-refractivity contribution in [3.8, 4) is 11.5 Å². The lowest BCUT2D eigenvalue weighted by Crippen LogP contribution is -2.36. The van der Waals surface area contributed by atoms with Crippen LogP contribution < -0.4 is 20.3 Å². The number of rotatable bonds is 7. The quantitative estimate of drug-likeness (QED) is 0.547. The van der Waals surface area contributed by atoms with E-state index in [0.717, 1.165) is 54.7 Å². The van der Waals surface area contributed by atoms with Crippen LogP contribution in [0.5, 0.6) is 11.5 Å². The van der Waals surface area contributed by atoms with Crippen LogP contribution in [0.25, 0.3) is 0 Å². The molecule has 2 N–H and O–H groups in total. The number of nitrogens with one attached hydrogen (secondary N) is 2. The van der Waals surface area contributed by atoms with Crippen molar-refractivity contribution in [1.82, 2.24) is 0 Å². The van der Waals surface area contributed by atoms with E-state index in [1.807, 2.05) is 86.6 Å². The summed E-state index contributed by atoms with van der Waals surface area (Å²) in [6, 6.07) is 23.0. The summed E-state index contributed by atoms with van der Waals surface area (Å²) in [5.41, 5.74) is 3.80. The molecule has 0 unspecified atom stereocenters. The molecule has 0 aliphatic carbocycles. The molecule has 4 rings (SSSR count). The van der Waals surface area contributed by atoms with Gasteiger partial charge in [0.25, 0.3) is 0 Å². The van der Waals surface area contributed by atoms with Crippen LogP contribution in [-0.2, 0) is 9.53 Å². The van der Waals surface area contributed by atoms with Crippen LogP contribution in [0.2, 0.25) is 0 Å². The summed E-state index contributed by atoms with van der Waals surface area (Å²) in [7, 11) is 0. The molecule has 3 aromatic rings. The third-order valence-electron chi connectivity index (χ3n) is 5.38. The number of hydrogen-bond acceptors (Lipinski definition) is 5. The molecule has 6 nitrogen and oxygen atoms in total. The smallest absolute Gasteiger partial charge is 0.246 e. The molecule has 1 heterocycles. The minimum Gasteiger partial charge on any atom is -0.455 e. The van der Waals surface area contributed by atoms with Crippen molar-refractivity contribution < 1.29 is 14.3 Å². The Labute approximate surface area is 189 Å². The fourth-order valence-electron chi connectivity index (χ4n) is 3.61. The zero-order valence-corrected chi connectivity index (χ0v) is 18.5. The van der Waals surface area contributed by atoms with Crippen molar-refractivity contribution in [3.63, 3.8) is 0 Å². The molecule has 1 aliphatic rings. The predicted molar refractivity (Wildman–Crippen MR) is 129 cm³/mol. The van der Waals surface area contributed by atoms with Crippen molar-refractivity contribution in [2.45, 2.75) is 19.9 Å². The first kappa shape index (κ1) is 21.7. The molecule has 3 aromatic carbocycles. The Kier molecular flexibility index (Phi) is 6.92. The Hall–Kier alpha value is -3.51. The minimum absolute atomic E-state index is 0.116. The number of nitrogens with zero attached hydrogens (tertiary/aromatic N) is 1. The molecule has 1 atom stereocenters. The number of benzene rings is 3. The topological polar surface area (TPSA) is 62.8 Å². The van der Waals surface area contributed by atoms with Gasteiger partial charge in [-0.05, 0) is 67.9 Å². The summed E-state index contributed by atoms with van der Waals surface area (Å²) in [4.78, 5) is 15.1. The van der Waals surface area contributed by atoms with Gasteiger partial charge in [-0.3, -0.25) is 4.79 Å². The average molecular weight is 432 g/mol. The van der Waals surface area contributed by atoms with Crippen LogP contribution in [0.1, 0.15) is 12.5 Å². The Balaban J connectivity index is 1.37. The number of morpholine rings is 1. The second-order valence-electron chi connectivity index (χ2n) is 7.92. The SMILES string of the molecule is Cc1cccc(Oc2ccccc2N[C@H](C)C(=O)Nc2ccc(N3CCOCC3)cc2)c1. The van der Waals surface area contributed by atoms with Gasteiger partial charge >= 0.3 is 0 Å². The summed E-state index contributed by atoms with van der Waals surface area (Å²) in [6.45, 7) is 7.12. The van der Waals surface area contributed by atoms with Crippen LogP contribution in [-0.4, -0.2) is 38.3 Å². The van der Waals surface area contributed by atoms with E-state index in [0.29, 0.717) is 5.75 Å². The third-order valence-corrected chi connectivity index (χ3v) is 5.38. The molecule has 0 spiro atoms. The lowest BCUT2D eigenvalue weighted by molar-refractivity contribution is -0.116. The van der Waals surface area contributed by atoms with E-state index in [9.17, 15) is 4.79 Å². The van der Waals surface area contributed by atoms with Gasteiger partial charge in [0.2, 0.25) is 5.91 Å². The number of para-hydroxylation sites is 2. The minimum atomic E-state index is -0.448. The number of ether oxygens (including phenoxy) is 2. The van der Waals surface area contributed by atoms with E-state index >= 15 is 0 Å². The molecule has 1 saturated heterocycles. The maximum Gasteiger partial charge on any atom is 0.246 e. The largest absolute Gasteiger partial charge is 0.455 e. The second-order valence-corrected chi connectivity index (χ2v) is 7.92. The molecule has 1 fully saturated rings. The first-order valence-corrected chi connectivity index (χ1v) is 10.9. The molecule has 0 bridgehead atoms. The Morgan fingerprint density at radius 1 is 1.00 bits per heavy atom. The molecule has 0 saturated carbocycles. The summed E-state index contributed by atoms with van der Waals surface area (Å²) in [5.74, 6) is 1.32. The molecule has 0 aromatic heterocycles. The highest BCUT2D eigenvalue weighted by atomic mass is 16.5. The first-order chi connectivity index (χ1) is 15.6. The molecule has 32 heavy (non-hydrogen) atoms. The zero-order valence-electron chi connectivity index (χ0n) is 18.5. The highest BCUT2D eigenvalue weighted by Gasteiger charge is 2.16. The molecule has 0 radical (unpaired) electrons. The zero-order chi connectivity index (χ0) is 22.3. The number of hydrogen-bond donors (Lipinski definition) is 2. The fourth-order valence-corrected chi connectivity index (χ4v) is 3.61. The number of carbonyl (C=O) groups excluding carboxylic acids is 1. The van der Waals surface area contributed by atoms with Crippen molar-refractivity contribution in [3.05, 3.63) is 78.4 Å². The summed E-state index contributed by atoms with van der Waals surface area (Å²) >= 11 is 0. The number of anilines is 3. The van der Waals surface area contributed by atoms with Crippen LogP contribution >= 0.6 is 0 Å². The standard InChI is InChI=1S/C26H29N3O3/c1-19-6-5-7-23(18-19)32-25-9-4-3-8-24(25)27-20(2)26(30)28-21-10-12-22(13-11-21)29-14-16-31-17-15-29/h3-13,18,20,27H,14-17H2,1-2H3,(H,28,30)/t20-/m1/s1. The van der Waals surface area contributed by atoms with Gasteiger partial charge < -0.3 is 25.0 Å². The summed E-state index contributed by atoms with van der Waals surface area (Å²) in [6.07, 6.45) is 0. The van der Waals surface area contributed by atoms with Gasteiger partial charge in [0.05, 0.1) is 18.9 Å². The van der Waals surface area contributed by atoms with Crippen molar-refractivity contribution in [2.24, 2.45) is 0 Å². The van der Waals surface area contributed by atoms with Crippen molar-refractivity contribution >= 4 is 23.0 Å². The monoisotopic (exact) mass is 431 g/mol. The third kappa shape index (κ3) is 5.59. The van der Waals surface area contributed by atoms with Crippen molar-refractivity contribution in [1.29, 1.82) is 0 Å². The number of amides is 1. The average Bonchev–Trinajstić information content (AvgIpc) is 2.81. The molecule has 1 aliphatic heterocycles.